The SMILES string of the molecule is Clc1cc(-c2nc(Cl)c(I)c(Cl)n2)cc2c1OCCCO2. The number of nitrogens with zero attached hydrogens (tertiary/aromatic N) is 2. The van der Waals surface area contributed by atoms with Crippen molar-refractivity contribution < 1.29 is 9.47 Å². The number of hydrogen-bond donors (Lipinski definition) is 0. The molecule has 1 aliphatic heterocycles. The van der Waals surface area contributed by atoms with Crippen molar-refractivity contribution in [2.45, 2.75) is 6.42 Å². The first-order valence-electron chi connectivity index (χ1n) is 6.04. The smallest absolute Gasteiger partial charge is 0.179 e. The van der Waals surface area contributed by atoms with Crippen molar-refractivity contribution in [2.75, 3.05) is 13.2 Å². The molecule has 3 rings (SSSR count). The zero-order valence-electron chi connectivity index (χ0n) is 10.5. The Hall–Kier alpha value is -0.500. The fourth-order valence-corrected chi connectivity index (χ4v) is 2.78. The molecule has 0 bridgehead atoms. The topological polar surface area (TPSA) is 44.2 Å². The summed E-state index contributed by atoms with van der Waals surface area (Å²) in [5.41, 5.74) is 0.671. The fraction of sp³-hybridized carbons (Fsp3) is 0.231. The minimum absolute atomic E-state index is 0.300. The van der Waals surface area contributed by atoms with Crippen molar-refractivity contribution in [3.05, 3.63) is 31.0 Å². The van der Waals surface area contributed by atoms with E-state index in [2.05, 4.69) is 9.97 Å². The van der Waals surface area contributed by atoms with E-state index in [0.717, 1.165) is 6.42 Å². The van der Waals surface area contributed by atoms with Crippen molar-refractivity contribution in [1.82, 2.24) is 9.97 Å². The van der Waals surface area contributed by atoms with Gasteiger partial charge in [0.2, 0.25) is 0 Å². The van der Waals surface area contributed by atoms with Crippen molar-refractivity contribution in [2.24, 2.45) is 0 Å². The van der Waals surface area contributed by atoms with E-state index in [0.29, 0.717) is 55.0 Å². The Labute approximate surface area is 149 Å². The van der Waals surface area contributed by atoms with Crippen LogP contribution in [0.15, 0.2) is 12.1 Å². The number of ether oxygens (including phenoxy) is 2. The van der Waals surface area contributed by atoms with Gasteiger partial charge in [-0.25, -0.2) is 9.97 Å². The van der Waals surface area contributed by atoms with E-state index < -0.39 is 0 Å². The van der Waals surface area contributed by atoms with Crippen LogP contribution in [0.25, 0.3) is 11.4 Å². The van der Waals surface area contributed by atoms with Gasteiger partial charge in [-0.15, -0.1) is 0 Å². The first-order chi connectivity index (χ1) is 10.1. The summed E-state index contributed by atoms with van der Waals surface area (Å²) in [5.74, 6) is 1.51. The molecule has 21 heavy (non-hydrogen) atoms. The molecule has 2 heterocycles. The third-order valence-corrected chi connectivity index (χ3v) is 5.32. The maximum Gasteiger partial charge on any atom is 0.179 e. The molecule has 0 radical (unpaired) electrons. The zero-order valence-corrected chi connectivity index (χ0v) is 14.9. The standard InChI is InChI=1S/C13H8Cl3IN2O2/c14-7-4-6(5-8-10(7)21-3-1-2-20-8)13-18-11(15)9(17)12(16)19-13/h4-5H,1-3H2. The van der Waals surface area contributed by atoms with Crippen LogP contribution in [0, 0.1) is 3.57 Å². The normalized spacial score (nSPS) is 13.9. The molecule has 1 aromatic carbocycles. The third-order valence-electron chi connectivity index (χ3n) is 2.83. The molecule has 1 aromatic heterocycles. The van der Waals surface area contributed by atoms with Gasteiger partial charge >= 0.3 is 0 Å². The number of aromatic nitrogens is 2. The van der Waals surface area contributed by atoms with E-state index in [1.807, 2.05) is 22.6 Å². The monoisotopic (exact) mass is 456 g/mol. The Balaban J connectivity index is 2.11. The van der Waals surface area contributed by atoms with Crippen LogP contribution in [0.2, 0.25) is 15.3 Å². The van der Waals surface area contributed by atoms with Crippen molar-refractivity contribution in [1.29, 1.82) is 0 Å². The third kappa shape index (κ3) is 3.16. The molecule has 0 aliphatic carbocycles. The number of benzene rings is 1. The highest BCUT2D eigenvalue weighted by Gasteiger charge is 2.18. The van der Waals surface area contributed by atoms with Gasteiger partial charge < -0.3 is 9.47 Å². The minimum Gasteiger partial charge on any atom is -0.489 e. The highest BCUT2D eigenvalue weighted by molar-refractivity contribution is 14.1. The van der Waals surface area contributed by atoms with Crippen LogP contribution in [0.5, 0.6) is 11.5 Å². The molecular formula is C13H8Cl3IN2O2. The van der Waals surface area contributed by atoms with Crippen molar-refractivity contribution in [3.8, 4) is 22.9 Å². The number of halogens is 4. The Kier molecular flexibility index (Phi) is 4.63. The predicted octanol–water partition coefficient (Wildman–Crippen LogP) is 4.87. The Bertz CT molecular complexity index is 689. The largest absolute Gasteiger partial charge is 0.489 e. The molecule has 0 unspecified atom stereocenters. The van der Waals surface area contributed by atoms with Gasteiger partial charge in [0.15, 0.2) is 17.3 Å². The molecule has 0 amide bonds. The zero-order chi connectivity index (χ0) is 15.0. The summed E-state index contributed by atoms with van der Waals surface area (Å²) in [4.78, 5) is 8.45. The Morgan fingerprint density at radius 1 is 1.00 bits per heavy atom. The van der Waals surface area contributed by atoms with Crippen LogP contribution >= 0.6 is 57.4 Å². The average Bonchev–Trinajstić information content (AvgIpc) is 2.69. The lowest BCUT2D eigenvalue weighted by Crippen LogP contribution is -1.97. The lowest BCUT2D eigenvalue weighted by molar-refractivity contribution is 0.297. The molecule has 1 aliphatic rings. The van der Waals surface area contributed by atoms with Crippen LogP contribution in [-0.4, -0.2) is 23.2 Å². The molecular weight excluding hydrogens is 449 g/mol. The maximum absolute atomic E-state index is 6.25. The average molecular weight is 457 g/mol. The van der Waals surface area contributed by atoms with E-state index in [1.54, 1.807) is 12.1 Å². The van der Waals surface area contributed by atoms with Gasteiger partial charge in [-0.1, -0.05) is 34.8 Å². The number of rotatable bonds is 1. The number of hydrogen-bond acceptors (Lipinski definition) is 4. The van der Waals surface area contributed by atoms with Gasteiger partial charge in [0.1, 0.15) is 10.3 Å². The molecule has 0 fully saturated rings. The van der Waals surface area contributed by atoms with Gasteiger partial charge in [-0.2, -0.15) is 0 Å². The lowest BCUT2D eigenvalue weighted by atomic mass is 10.2. The van der Waals surface area contributed by atoms with E-state index in [4.69, 9.17) is 44.3 Å². The van der Waals surface area contributed by atoms with Crippen molar-refractivity contribution in [3.63, 3.8) is 0 Å². The second-order valence-corrected chi connectivity index (χ2v) is 6.48. The quantitative estimate of drug-likeness (QED) is 0.453. The summed E-state index contributed by atoms with van der Waals surface area (Å²) in [7, 11) is 0. The molecule has 0 atom stereocenters. The molecule has 8 heteroatoms. The van der Waals surface area contributed by atoms with E-state index in [9.17, 15) is 0 Å². The van der Waals surface area contributed by atoms with Crippen LogP contribution in [0.4, 0.5) is 0 Å². The second-order valence-electron chi connectivity index (χ2n) is 4.28. The first-order valence-corrected chi connectivity index (χ1v) is 8.25. The number of fused-ring (bicyclic) bond motifs is 1. The van der Waals surface area contributed by atoms with Crippen LogP contribution in [0.1, 0.15) is 6.42 Å². The minimum atomic E-state index is 0.300. The Morgan fingerprint density at radius 3 is 2.38 bits per heavy atom. The second kappa shape index (κ2) is 6.32. The van der Waals surface area contributed by atoms with Crippen molar-refractivity contribution >= 4 is 57.4 Å². The van der Waals surface area contributed by atoms with Crippen LogP contribution in [0.3, 0.4) is 0 Å². The summed E-state index contributed by atoms with van der Waals surface area (Å²) in [6.45, 7) is 1.14. The van der Waals surface area contributed by atoms with Gasteiger partial charge in [0.25, 0.3) is 0 Å². The summed E-state index contributed by atoms with van der Waals surface area (Å²) < 4.78 is 11.8. The molecule has 0 saturated carbocycles. The van der Waals surface area contributed by atoms with E-state index in [1.165, 1.54) is 0 Å². The highest BCUT2D eigenvalue weighted by Crippen LogP contribution is 2.40. The Morgan fingerprint density at radius 2 is 1.67 bits per heavy atom. The summed E-state index contributed by atoms with van der Waals surface area (Å²) in [6.07, 6.45) is 0.804. The predicted molar refractivity (Wildman–Crippen MR) is 90.8 cm³/mol. The fourth-order valence-electron chi connectivity index (χ4n) is 1.88. The van der Waals surface area contributed by atoms with E-state index >= 15 is 0 Å². The molecule has 4 nitrogen and oxygen atoms in total. The van der Waals surface area contributed by atoms with E-state index in [-0.39, 0.29) is 0 Å². The summed E-state index contributed by atoms with van der Waals surface area (Å²) in [6, 6.07) is 3.49. The molecule has 0 spiro atoms. The molecule has 2 aromatic rings. The summed E-state index contributed by atoms with van der Waals surface area (Å²) >= 11 is 20.3. The highest BCUT2D eigenvalue weighted by atomic mass is 127. The molecule has 0 N–H and O–H groups in total. The first kappa shape index (κ1) is 15.4. The van der Waals surface area contributed by atoms with Crippen LogP contribution < -0.4 is 9.47 Å². The van der Waals surface area contributed by atoms with Crippen LogP contribution in [-0.2, 0) is 0 Å². The van der Waals surface area contributed by atoms with Gasteiger partial charge in [0.05, 0.1) is 21.8 Å². The molecule has 0 saturated heterocycles. The van der Waals surface area contributed by atoms with Gasteiger partial charge in [-0.3, -0.25) is 0 Å². The summed E-state index contributed by atoms with van der Waals surface area (Å²) in [5, 5.41) is 1.04. The molecule has 110 valence electrons. The van der Waals surface area contributed by atoms with Gasteiger partial charge in [0, 0.05) is 12.0 Å². The van der Waals surface area contributed by atoms with Gasteiger partial charge in [-0.05, 0) is 34.7 Å². The lowest BCUT2D eigenvalue weighted by Gasteiger charge is -2.11. The maximum atomic E-state index is 6.25.